The van der Waals surface area contributed by atoms with Crippen molar-refractivity contribution in [1.29, 1.82) is 0 Å². The van der Waals surface area contributed by atoms with Gasteiger partial charge in [-0.15, -0.1) is 11.3 Å². The summed E-state index contributed by atoms with van der Waals surface area (Å²) in [5.74, 6) is -0.915. The van der Waals surface area contributed by atoms with Crippen molar-refractivity contribution >= 4 is 23.2 Å². The average molecular weight is 282 g/mol. The number of carbonyl (C=O) groups is 2. The molecule has 0 aromatic carbocycles. The van der Waals surface area contributed by atoms with Crippen molar-refractivity contribution in [3.8, 4) is 0 Å². The number of thiophene rings is 1. The van der Waals surface area contributed by atoms with E-state index in [9.17, 15) is 9.59 Å². The highest BCUT2D eigenvalue weighted by molar-refractivity contribution is 7.10. The van der Waals surface area contributed by atoms with Gasteiger partial charge in [-0.25, -0.2) is 0 Å². The number of carboxylic acids is 1. The summed E-state index contributed by atoms with van der Waals surface area (Å²) < 4.78 is 0. The summed E-state index contributed by atoms with van der Waals surface area (Å²) in [4.78, 5) is 27.8. The Bertz CT molecular complexity index is 486. The largest absolute Gasteiger partial charge is 0.480 e. The molecule has 0 saturated carbocycles. The highest BCUT2D eigenvalue weighted by Gasteiger charge is 2.25. The molecule has 1 amide bonds. The van der Waals surface area contributed by atoms with Crippen LogP contribution >= 0.6 is 11.3 Å². The monoisotopic (exact) mass is 282 g/mol. The standard InChI is InChI=1S/C13H18N2O3S/c1-9(13(17)18)14(2)8-12(16)15-5-3-11-10(7-15)4-6-19-11/h4,6,9H,3,5,7-8H2,1-2H3,(H,17,18). The second-order valence-electron chi connectivity index (χ2n) is 4.86. The zero-order valence-corrected chi connectivity index (χ0v) is 11.9. The Hall–Kier alpha value is -1.40. The predicted molar refractivity (Wildman–Crippen MR) is 73.2 cm³/mol. The van der Waals surface area contributed by atoms with Crippen LogP contribution in [0.25, 0.3) is 0 Å². The van der Waals surface area contributed by atoms with Crippen molar-refractivity contribution in [2.24, 2.45) is 0 Å². The Labute approximate surface area is 116 Å². The minimum absolute atomic E-state index is 0.00699. The van der Waals surface area contributed by atoms with Gasteiger partial charge in [0.1, 0.15) is 6.04 Å². The van der Waals surface area contributed by atoms with E-state index in [2.05, 4.69) is 11.4 Å². The molecule has 1 aliphatic heterocycles. The number of amides is 1. The summed E-state index contributed by atoms with van der Waals surface area (Å²) in [6.07, 6.45) is 0.900. The number of likely N-dealkylation sites (N-methyl/N-ethyl adjacent to an activating group) is 1. The van der Waals surface area contributed by atoms with E-state index >= 15 is 0 Å². The summed E-state index contributed by atoms with van der Waals surface area (Å²) in [5, 5.41) is 11.0. The molecule has 6 heteroatoms. The third-order valence-electron chi connectivity index (χ3n) is 3.56. The SMILES string of the molecule is CC(C(=O)O)N(C)CC(=O)N1CCc2sccc2C1. The second-order valence-corrected chi connectivity index (χ2v) is 5.86. The molecule has 0 spiro atoms. The van der Waals surface area contributed by atoms with Crippen molar-refractivity contribution in [1.82, 2.24) is 9.80 Å². The number of carboxylic acid groups (broad SMARTS) is 1. The van der Waals surface area contributed by atoms with Gasteiger partial charge in [-0.2, -0.15) is 0 Å². The van der Waals surface area contributed by atoms with E-state index in [1.807, 2.05) is 0 Å². The molecule has 5 nitrogen and oxygen atoms in total. The number of hydrogen-bond donors (Lipinski definition) is 1. The minimum Gasteiger partial charge on any atom is -0.480 e. The molecule has 2 heterocycles. The molecule has 0 radical (unpaired) electrons. The molecule has 0 aliphatic carbocycles. The van der Waals surface area contributed by atoms with Crippen LogP contribution in [0.2, 0.25) is 0 Å². The first kappa shape index (κ1) is 14.0. The Morgan fingerprint density at radius 2 is 2.32 bits per heavy atom. The van der Waals surface area contributed by atoms with E-state index in [0.29, 0.717) is 6.54 Å². The summed E-state index contributed by atoms with van der Waals surface area (Å²) >= 11 is 1.74. The van der Waals surface area contributed by atoms with Crippen molar-refractivity contribution in [3.63, 3.8) is 0 Å². The van der Waals surface area contributed by atoms with Gasteiger partial charge in [-0.1, -0.05) is 0 Å². The van der Waals surface area contributed by atoms with Crippen LogP contribution in [-0.2, 0) is 22.6 Å². The van der Waals surface area contributed by atoms with Gasteiger partial charge in [0.25, 0.3) is 0 Å². The Morgan fingerprint density at radius 3 is 3.00 bits per heavy atom. The van der Waals surface area contributed by atoms with Gasteiger partial charge in [0.15, 0.2) is 0 Å². The lowest BCUT2D eigenvalue weighted by Crippen LogP contribution is -2.45. The predicted octanol–water partition coefficient (Wildman–Crippen LogP) is 1.04. The Kier molecular flexibility index (Phi) is 4.21. The highest BCUT2D eigenvalue weighted by atomic mass is 32.1. The maximum atomic E-state index is 12.2. The molecule has 1 unspecified atom stereocenters. The zero-order valence-electron chi connectivity index (χ0n) is 11.1. The number of aliphatic carboxylic acids is 1. The number of rotatable bonds is 4. The first-order valence-corrected chi connectivity index (χ1v) is 7.13. The van der Waals surface area contributed by atoms with Crippen LogP contribution in [0, 0.1) is 0 Å². The zero-order chi connectivity index (χ0) is 14.0. The molecule has 1 aromatic heterocycles. The molecule has 19 heavy (non-hydrogen) atoms. The van der Waals surface area contributed by atoms with E-state index in [1.54, 1.807) is 35.1 Å². The van der Waals surface area contributed by atoms with Crippen molar-refractivity contribution in [2.75, 3.05) is 20.1 Å². The summed E-state index contributed by atoms with van der Waals surface area (Å²) in [6.45, 7) is 3.10. The molecule has 0 fully saturated rings. The van der Waals surface area contributed by atoms with Crippen LogP contribution in [0.3, 0.4) is 0 Å². The molecular weight excluding hydrogens is 264 g/mol. The lowest BCUT2D eigenvalue weighted by atomic mass is 10.1. The third-order valence-corrected chi connectivity index (χ3v) is 4.59. The van der Waals surface area contributed by atoms with Crippen LogP contribution in [0.1, 0.15) is 17.4 Å². The average Bonchev–Trinajstić information content (AvgIpc) is 2.84. The fraction of sp³-hybridized carbons (Fsp3) is 0.538. The van der Waals surface area contributed by atoms with Gasteiger partial charge in [0.05, 0.1) is 6.54 Å². The normalized spacial score (nSPS) is 16.3. The maximum absolute atomic E-state index is 12.2. The van der Waals surface area contributed by atoms with Gasteiger partial charge >= 0.3 is 5.97 Å². The Balaban J connectivity index is 1.93. The number of hydrogen-bond acceptors (Lipinski definition) is 4. The first-order valence-electron chi connectivity index (χ1n) is 6.25. The highest BCUT2D eigenvalue weighted by Crippen LogP contribution is 2.24. The van der Waals surface area contributed by atoms with Gasteiger partial charge in [-0.05, 0) is 37.4 Å². The molecule has 1 atom stereocenters. The lowest BCUT2D eigenvalue weighted by Gasteiger charge is -2.29. The molecule has 1 aliphatic rings. The molecule has 104 valence electrons. The molecular formula is C13H18N2O3S. The van der Waals surface area contributed by atoms with E-state index in [1.165, 1.54) is 10.4 Å². The molecule has 2 rings (SSSR count). The lowest BCUT2D eigenvalue weighted by molar-refractivity contribution is -0.143. The topological polar surface area (TPSA) is 60.9 Å². The molecule has 1 aromatic rings. The van der Waals surface area contributed by atoms with E-state index in [-0.39, 0.29) is 12.5 Å². The van der Waals surface area contributed by atoms with Gasteiger partial charge in [0.2, 0.25) is 5.91 Å². The van der Waals surface area contributed by atoms with E-state index in [0.717, 1.165) is 13.0 Å². The smallest absolute Gasteiger partial charge is 0.320 e. The Morgan fingerprint density at radius 1 is 1.58 bits per heavy atom. The minimum atomic E-state index is -0.908. The van der Waals surface area contributed by atoms with Crippen LogP contribution in [0.4, 0.5) is 0 Å². The van der Waals surface area contributed by atoms with E-state index in [4.69, 9.17) is 5.11 Å². The van der Waals surface area contributed by atoms with Crippen LogP contribution in [0.15, 0.2) is 11.4 Å². The van der Waals surface area contributed by atoms with Crippen LogP contribution < -0.4 is 0 Å². The quantitative estimate of drug-likeness (QED) is 0.896. The second kappa shape index (κ2) is 5.71. The fourth-order valence-electron chi connectivity index (χ4n) is 2.10. The van der Waals surface area contributed by atoms with Gasteiger partial charge < -0.3 is 10.0 Å². The van der Waals surface area contributed by atoms with Crippen molar-refractivity contribution in [3.05, 3.63) is 21.9 Å². The number of nitrogens with zero attached hydrogens (tertiary/aromatic N) is 2. The van der Waals surface area contributed by atoms with Gasteiger partial charge in [-0.3, -0.25) is 14.5 Å². The molecule has 0 saturated heterocycles. The third kappa shape index (κ3) is 3.13. The van der Waals surface area contributed by atoms with Crippen LogP contribution in [0.5, 0.6) is 0 Å². The summed E-state index contributed by atoms with van der Waals surface area (Å²) in [7, 11) is 1.66. The molecule has 0 bridgehead atoms. The number of fused-ring (bicyclic) bond motifs is 1. The number of carbonyl (C=O) groups excluding carboxylic acids is 1. The summed E-state index contributed by atoms with van der Waals surface area (Å²) in [6, 6.07) is 1.41. The van der Waals surface area contributed by atoms with Crippen molar-refractivity contribution in [2.45, 2.75) is 25.9 Å². The van der Waals surface area contributed by atoms with Crippen LogP contribution in [-0.4, -0.2) is 53.0 Å². The van der Waals surface area contributed by atoms with E-state index < -0.39 is 12.0 Å². The first-order chi connectivity index (χ1) is 8.99. The van der Waals surface area contributed by atoms with Gasteiger partial charge in [0, 0.05) is 18.0 Å². The maximum Gasteiger partial charge on any atom is 0.320 e. The molecule has 1 N–H and O–H groups in total. The van der Waals surface area contributed by atoms with Crippen molar-refractivity contribution < 1.29 is 14.7 Å². The fourth-order valence-corrected chi connectivity index (χ4v) is 2.99. The summed E-state index contributed by atoms with van der Waals surface area (Å²) in [5.41, 5.74) is 1.22.